The van der Waals surface area contributed by atoms with Gasteiger partial charge in [0, 0.05) is 11.3 Å². The second kappa shape index (κ2) is 3.50. The van der Waals surface area contributed by atoms with Crippen LogP contribution in [0.3, 0.4) is 0 Å². The van der Waals surface area contributed by atoms with Gasteiger partial charge in [-0.2, -0.15) is 11.8 Å². The lowest BCUT2D eigenvalue weighted by molar-refractivity contribution is -0.136. The third-order valence-electron chi connectivity index (χ3n) is 2.37. The van der Waals surface area contributed by atoms with Crippen LogP contribution in [0.5, 0.6) is 0 Å². The summed E-state index contributed by atoms with van der Waals surface area (Å²) in [6, 6.07) is 0. The summed E-state index contributed by atoms with van der Waals surface area (Å²) in [6.45, 7) is 3.68. The molecule has 0 aromatic heterocycles. The third kappa shape index (κ3) is 2.88. The number of carbonyl (C=O) groups excluding carboxylic acids is 1. The molecule has 13 heavy (non-hydrogen) atoms. The number of hydrogen-bond acceptors (Lipinski definition) is 3. The molecule has 76 valence electrons. The molecule has 0 aliphatic heterocycles. The van der Waals surface area contributed by atoms with E-state index in [9.17, 15) is 9.90 Å². The van der Waals surface area contributed by atoms with Crippen LogP contribution in [-0.2, 0) is 4.79 Å². The first kappa shape index (κ1) is 10.9. The average molecular weight is 203 g/mol. The fourth-order valence-electron chi connectivity index (χ4n) is 1.05. The van der Waals surface area contributed by atoms with Crippen LogP contribution < -0.4 is 5.32 Å². The molecule has 0 saturated heterocycles. The number of carbonyl (C=O) groups is 1. The first-order valence-corrected chi connectivity index (χ1v) is 5.68. The summed E-state index contributed by atoms with van der Waals surface area (Å²) in [5, 5.41) is 12.1. The first-order chi connectivity index (χ1) is 5.90. The monoisotopic (exact) mass is 203 g/mol. The fraction of sp³-hybridized carbons (Fsp3) is 0.889. The smallest absolute Gasteiger partial charge is 0.251 e. The lowest BCUT2D eigenvalue weighted by Crippen LogP contribution is -2.44. The van der Waals surface area contributed by atoms with E-state index in [1.807, 2.05) is 0 Å². The Balaban J connectivity index is 2.31. The highest BCUT2D eigenvalue weighted by Gasteiger charge is 2.42. The van der Waals surface area contributed by atoms with Crippen molar-refractivity contribution >= 4 is 17.7 Å². The molecule has 1 amide bonds. The predicted octanol–water partition coefficient (Wildman–Crippen LogP) is 0.769. The molecular weight excluding hydrogens is 186 g/mol. The highest BCUT2D eigenvalue weighted by Crippen LogP contribution is 2.46. The van der Waals surface area contributed by atoms with Gasteiger partial charge < -0.3 is 10.4 Å². The quantitative estimate of drug-likeness (QED) is 0.709. The standard InChI is InChI=1S/C9H17NO2S/c1-8(2,12)7(11)10-6-9(13-3)4-5-9/h12H,4-6H2,1-3H3,(H,10,11). The summed E-state index contributed by atoms with van der Waals surface area (Å²) < 4.78 is 0.265. The Morgan fingerprint density at radius 2 is 2.15 bits per heavy atom. The van der Waals surface area contributed by atoms with Crippen molar-refractivity contribution in [1.29, 1.82) is 0 Å². The van der Waals surface area contributed by atoms with Crippen molar-refractivity contribution in [2.45, 2.75) is 37.0 Å². The van der Waals surface area contributed by atoms with E-state index in [1.165, 1.54) is 26.7 Å². The van der Waals surface area contributed by atoms with Crippen LogP contribution in [0.2, 0.25) is 0 Å². The van der Waals surface area contributed by atoms with Gasteiger partial charge in [-0.3, -0.25) is 4.79 Å². The van der Waals surface area contributed by atoms with Gasteiger partial charge in [-0.05, 0) is 32.9 Å². The van der Waals surface area contributed by atoms with Gasteiger partial charge >= 0.3 is 0 Å². The number of aliphatic hydroxyl groups is 1. The second-order valence-electron chi connectivity index (χ2n) is 4.13. The van der Waals surface area contributed by atoms with E-state index < -0.39 is 5.60 Å². The van der Waals surface area contributed by atoms with Gasteiger partial charge in [0.2, 0.25) is 0 Å². The second-order valence-corrected chi connectivity index (χ2v) is 5.40. The minimum absolute atomic E-state index is 0.265. The molecule has 0 aromatic rings. The van der Waals surface area contributed by atoms with Gasteiger partial charge in [0.05, 0.1) is 0 Å². The molecule has 0 bridgehead atoms. The van der Waals surface area contributed by atoms with Crippen LogP contribution in [0.15, 0.2) is 0 Å². The Hall–Kier alpha value is -0.220. The molecule has 0 radical (unpaired) electrons. The largest absolute Gasteiger partial charge is 0.381 e. The zero-order valence-corrected chi connectivity index (χ0v) is 9.20. The first-order valence-electron chi connectivity index (χ1n) is 4.45. The van der Waals surface area contributed by atoms with Crippen LogP contribution in [0, 0.1) is 0 Å². The highest BCUT2D eigenvalue weighted by atomic mass is 32.2. The summed E-state index contributed by atoms with van der Waals surface area (Å²) in [4.78, 5) is 11.3. The van der Waals surface area contributed by atoms with E-state index in [0.717, 1.165) is 0 Å². The Morgan fingerprint density at radius 1 is 1.62 bits per heavy atom. The zero-order chi connectivity index (χ0) is 10.1. The van der Waals surface area contributed by atoms with Crippen molar-refractivity contribution in [3.05, 3.63) is 0 Å². The third-order valence-corrected chi connectivity index (χ3v) is 3.79. The minimum atomic E-state index is -1.26. The van der Waals surface area contributed by atoms with Gasteiger partial charge in [0.15, 0.2) is 0 Å². The van der Waals surface area contributed by atoms with Crippen molar-refractivity contribution < 1.29 is 9.90 Å². The number of thioether (sulfide) groups is 1. The van der Waals surface area contributed by atoms with E-state index in [1.54, 1.807) is 11.8 Å². The van der Waals surface area contributed by atoms with Crippen molar-refractivity contribution in [1.82, 2.24) is 5.32 Å². The van der Waals surface area contributed by atoms with Gasteiger partial charge in [-0.25, -0.2) is 0 Å². The SMILES string of the molecule is CSC1(CNC(=O)C(C)(C)O)CC1. The summed E-state index contributed by atoms with van der Waals surface area (Å²) in [5.74, 6) is -0.284. The molecule has 1 saturated carbocycles. The number of hydrogen-bond donors (Lipinski definition) is 2. The van der Waals surface area contributed by atoms with Crippen molar-refractivity contribution in [2.75, 3.05) is 12.8 Å². The number of amides is 1. The molecule has 1 aliphatic rings. The van der Waals surface area contributed by atoms with E-state index in [0.29, 0.717) is 6.54 Å². The molecule has 1 rings (SSSR count). The summed E-state index contributed by atoms with van der Waals surface area (Å²) in [7, 11) is 0. The number of rotatable bonds is 4. The summed E-state index contributed by atoms with van der Waals surface area (Å²) in [6.07, 6.45) is 4.39. The van der Waals surface area contributed by atoms with Crippen LogP contribution in [-0.4, -0.2) is 34.2 Å². The molecular formula is C9H17NO2S. The normalized spacial score (nSPS) is 19.7. The van der Waals surface area contributed by atoms with Gasteiger partial charge in [0.1, 0.15) is 5.60 Å². The topological polar surface area (TPSA) is 49.3 Å². The van der Waals surface area contributed by atoms with Crippen LogP contribution in [0.4, 0.5) is 0 Å². The van der Waals surface area contributed by atoms with Crippen molar-refractivity contribution in [2.24, 2.45) is 0 Å². The van der Waals surface area contributed by atoms with Crippen LogP contribution in [0.1, 0.15) is 26.7 Å². The maximum Gasteiger partial charge on any atom is 0.251 e. The molecule has 0 heterocycles. The van der Waals surface area contributed by atoms with Crippen molar-refractivity contribution in [3.63, 3.8) is 0 Å². The molecule has 0 spiro atoms. The molecule has 1 aliphatic carbocycles. The number of nitrogens with one attached hydrogen (secondary N) is 1. The van der Waals surface area contributed by atoms with Gasteiger partial charge in [-0.15, -0.1) is 0 Å². The molecule has 0 unspecified atom stereocenters. The molecule has 4 heteroatoms. The summed E-state index contributed by atoms with van der Waals surface area (Å²) in [5.41, 5.74) is -1.26. The Bertz CT molecular complexity index is 206. The van der Waals surface area contributed by atoms with Gasteiger partial charge in [0.25, 0.3) is 5.91 Å². The van der Waals surface area contributed by atoms with E-state index in [4.69, 9.17) is 0 Å². The lowest BCUT2D eigenvalue weighted by atomic mass is 10.1. The molecule has 1 fully saturated rings. The minimum Gasteiger partial charge on any atom is -0.381 e. The zero-order valence-electron chi connectivity index (χ0n) is 8.39. The van der Waals surface area contributed by atoms with Crippen molar-refractivity contribution in [3.8, 4) is 0 Å². The van der Waals surface area contributed by atoms with E-state index >= 15 is 0 Å². The van der Waals surface area contributed by atoms with Crippen LogP contribution >= 0.6 is 11.8 Å². The molecule has 3 nitrogen and oxygen atoms in total. The highest BCUT2D eigenvalue weighted by molar-refractivity contribution is 8.00. The average Bonchev–Trinajstić information content (AvgIpc) is 2.79. The lowest BCUT2D eigenvalue weighted by Gasteiger charge is -2.19. The molecule has 0 atom stereocenters. The maximum absolute atomic E-state index is 11.3. The fourth-order valence-corrected chi connectivity index (χ4v) is 1.78. The summed E-state index contributed by atoms with van der Waals surface area (Å²) >= 11 is 1.79. The molecule has 0 aromatic carbocycles. The van der Waals surface area contributed by atoms with E-state index in [2.05, 4.69) is 11.6 Å². The van der Waals surface area contributed by atoms with E-state index in [-0.39, 0.29) is 10.7 Å². The predicted molar refractivity (Wildman–Crippen MR) is 54.8 cm³/mol. The Kier molecular flexibility index (Phi) is 2.92. The molecule has 2 N–H and O–H groups in total. The Morgan fingerprint density at radius 3 is 2.46 bits per heavy atom. The maximum atomic E-state index is 11.3. The van der Waals surface area contributed by atoms with Crippen LogP contribution in [0.25, 0.3) is 0 Å². The Labute approximate surface area is 83.3 Å². The van der Waals surface area contributed by atoms with Gasteiger partial charge in [-0.1, -0.05) is 0 Å².